The average Bonchev–Trinajstić information content (AvgIpc) is 3.57. The SMILES string of the molecule is Cc1[nH]c(/C=C2\C(=O)Nc3ccc(F)cc32)c(C)c1C(=O)N[C@@H]1CC[C@H](C(=O)N2CCCC2)C1. The normalized spacial score (nSPS) is 22.9. The smallest absolute Gasteiger partial charge is 0.256 e. The summed E-state index contributed by atoms with van der Waals surface area (Å²) in [7, 11) is 0. The number of halogens is 1. The molecule has 0 unspecified atom stereocenters. The van der Waals surface area contributed by atoms with E-state index in [4.69, 9.17) is 0 Å². The molecule has 178 valence electrons. The van der Waals surface area contributed by atoms with Crippen molar-refractivity contribution in [2.24, 2.45) is 5.92 Å². The van der Waals surface area contributed by atoms with Gasteiger partial charge in [0, 0.05) is 47.7 Å². The first-order chi connectivity index (χ1) is 16.3. The Morgan fingerprint density at radius 2 is 1.94 bits per heavy atom. The molecule has 3 N–H and O–H groups in total. The van der Waals surface area contributed by atoms with Crippen LogP contribution >= 0.6 is 0 Å². The number of amides is 3. The summed E-state index contributed by atoms with van der Waals surface area (Å²) in [5.74, 6) is -0.698. The molecule has 0 spiro atoms. The van der Waals surface area contributed by atoms with Crippen LogP contribution < -0.4 is 10.6 Å². The number of hydrogen-bond acceptors (Lipinski definition) is 3. The summed E-state index contributed by atoms with van der Waals surface area (Å²) in [6.07, 6.45) is 6.07. The number of likely N-dealkylation sites (tertiary alicyclic amines) is 1. The molecule has 3 heterocycles. The van der Waals surface area contributed by atoms with Crippen molar-refractivity contribution in [1.82, 2.24) is 15.2 Å². The molecule has 2 atom stereocenters. The third-order valence-electron chi connectivity index (χ3n) is 7.29. The molecule has 1 aromatic carbocycles. The Morgan fingerprint density at radius 3 is 2.71 bits per heavy atom. The number of nitrogens with one attached hydrogen (secondary N) is 3. The number of carbonyl (C=O) groups excluding carboxylic acids is 3. The molecule has 8 heteroatoms. The third kappa shape index (κ3) is 4.02. The zero-order chi connectivity index (χ0) is 24.0. The second-order valence-electron chi connectivity index (χ2n) is 9.58. The van der Waals surface area contributed by atoms with Crippen LogP contribution in [0.2, 0.25) is 0 Å². The number of aromatic amines is 1. The van der Waals surface area contributed by atoms with Crippen molar-refractivity contribution in [2.75, 3.05) is 18.4 Å². The average molecular weight is 465 g/mol. The summed E-state index contributed by atoms with van der Waals surface area (Å²) >= 11 is 0. The molecule has 0 radical (unpaired) electrons. The van der Waals surface area contributed by atoms with E-state index in [2.05, 4.69) is 15.6 Å². The number of fused-ring (bicyclic) bond motifs is 1. The van der Waals surface area contributed by atoms with Crippen LogP contribution in [0.3, 0.4) is 0 Å². The topological polar surface area (TPSA) is 94.3 Å². The fourth-order valence-corrected chi connectivity index (χ4v) is 5.50. The minimum Gasteiger partial charge on any atom is -0.358 e. The lowest BCUT2D eigenvalue weighted by molar-refractivity contribution is -0.134. The van der Waals surface area contributed by atoms with Gasteiger partial charge in [-0.2, -0.15) is 0 Å². The van der Waals surface area contributed by atoms with Gasteiger partial charge >= 0.3 is 0 Å². The van der Waals surface area contributed by atoms with Gasteiger partial charge in [-0.25, -0.2) is 4.39 Å². The molecule has 1 aliphatic carbocycles. The van der Waals surface area contributed by atoms with Gasteiger partial charge < -0.3 is 20.5 Å². The molecule has 2 aliphatic heterocycles. The van der Waals surface area contributed by atoms with Crippen molar-refractivity contribution >= 4 is 35.1 Å². The van der Waals surface area contributed by atoms with E-state index in [1.165, 1.54) is 12.1 Å². The van der Waals surface area contributed by atoms with Crippen molar-refractivity contribution < 1.29 is 18.8 Å². The highest BCUT2D eigenvalue weighted by molar-refractivity contribution is 6.34. The summed E-state index contributed by atoms with van der Waals surface area (Å²) in [4.78, 5) is 43.5. The maximum Gasteiger partial charge on any atom is 0.256 e. The van der Waals surface area contributed by atoms with Gasteiger partial charge in [-0.1, -0.05) is 0 Å². The van der Waals surface area contributed by atoms with Gasteiger partial charge in [0.2, 0.25) is 5.91 Å². The molecule has 1 saturated carbocycles. The number of benzene rings is 1. The number of aryl methyl sites for hydroxylation is 1. The Bertz CT molecular complexity index is 1210. The second kappa shape index (κ2) is 8.74. The molecule has 2 fully saturated rings. The zero-order valence-corrected chi connectivity index (χ0v) is 19.5. The van der Waals surface area contributed by atoms with Crippen LogP contribution in [-0.4, -0.2) is 46.7 Å². The van der Waals surface area contributed by atoms with Crippen LogP contribution in [0.15, 0.2) is 18.2 Å². The number of rotatable bonds is 4. The molecular formula is C26H29FN4O3. The summed E-state index contributed by atoms with van der Waals surface area (Å²) < 4.78 is 13.8. The number of nitrogens with zero attached hydrogens (tertiary/aromatic N) is 1. The number of aromatic nitrogens is 1. The number of carbonyl (C=O) groups is 3. The Kier molecular flexibility index (Phi) is 5.75. The number of anilines is 1. The highest BCUT2D eigenvalue weighted by atomic mass is 19.1. The molecule has 2 aromatic rings. The first-order valence-electron chi connectivity index (χ1n) is 11.9. The standard InChI is InChI=1S/C26H29FN4O3/c1-14-22(13-20-19-12-17(27)6-8-21(19)30-24(20)32)28-15(2)23(14)25(33)29-18-7-5-16(11-18)26(34)31-9-3-4-10-31/h6,8,12-13,16,18,28H,3-5,7,9-11H2,1-2H3,(H,29,33)(H,30,32)/b20-13-/t16-,18+/m0/s1. The van der Waals surface area contributed by atoms with E-state index in [0.29, 0.717) is 40.2 Å². The fourth-order valence-electron chi connectivity index (χ4n) is 5.50. The first-order valence-corrected chi connectivity index (χ1v) is 11.9. The summed E-state index contributed by atoms with van der Waals surface area (Å²) in [6, 6.07) is 4.15. The molecule has 1 aromatic heterocycles. The van der Waals surface area contributed by atoms with E-state index < -0.39 is 5.82 Å². The van der Waals surface area contributed by atoms with E-state index in [1.807, 2.05) is 18.7 Å². The van der Waals surface area contributed by atoms with Crippen molar-refractivity contribution in [1.29, 1.82) is 0 Å². The minimum absolute atomic E-state index is 0.0153. The Labute approximate surface area is 197 Å². The molecule has 5 rings (SSSR count). The van der Waals surface area contributed by atoms with Gasteiger partial charge in [-0.3, -0.25) is 14.4 Å². The lowest BCUT2D eigenvalue weighted by Crippen LogP contribution is -2.36. The predicted octanol–water partition coefficient (Wildman–Crippen LogP) is 3.78. The molecule has 3 aliphatic rings. The van der Waals surface area contributed by atoms with Crippen molar-refractivity contribution in [2.45, 2.75) is 52.0 Å². The van der Waals surface area contributed by atoms with Gasteiger partial charge in [-0.05, 0) is 75.8 Å². The van der Waals surface area contributed by atoms with Crippen LogP contribution in [0, 0.1) is 25.6 Å². The zero-order valence-electron chi connectivity index (χ0n) is 19.5. The van der Waals surface area contributed by atoms with E-state index in [1.54, 1.807) is 12.1 Å². The van der Waals surface area contributed by atoms with Gasteiger partial charge in [-0.15, -0.1) is 0 Å². The molecule has 34 heavy (non-hydrogen) atoms. The Morgan fingerprint density at radius 1 is 1.18 bits per heavy atom. The highest BCUT2D eigenvalue weighted by Gasteiger charge is 2.35. The summed E-state index contributed by atoms with van der Waals surface area (Å²) in [6.45, 7) is 5.35. The molecule has 1 saturated heterocycles. The predicted molar refractivity (Wildman–Crippen MR) is 128 cm³/mol. The Hall–Kier alpha value is -3.42. The van der Waals surface area contributed by atoms with Crippen LogP contribution in [-0.2, 0) is 9.59 Å². The number of H-pyrrole nitrogens is 1. The first kappa shape index (κ1) is 22.4. The monoisotopic (exact) mass is 464 g/mol. The van der Waals surface area contributed by atoms with E-state index in [0.717, 1.165) is 44.3 Å². The van der Waals surface area contributed by atoms with Crippen molar-refractivity contribution in [3.05, 3.63) is 52.1 Å². The minimum atomic E-state index is -0.418. The van der Waals surface area contributed by atoms with Gasteiger partial charge in [0.15, 0.2) is 0 Å². The molecule has 3 amide bonds. The molecule has 0 bridgehead atoms. The van der Waals surface area contributed by atoms with Gasteiger partial charge in [0.05, 0.1) is 11.1 Å². The summed E-state index contributed by atoms with van der Waals surface area (Å²) in [5, 5.41) is 5.85. The van der Waals surface area contributed by atoms with E-state index >= 15 is 0 Å². The summed E-state index contributed by atoms with van der Waals surface area (Å²) in [5.41, 5.74) is 4.02. The lowest BCUT2D eigenvalue weighted by Gasteiger charge is -2.20. The maximum absolute atomic E-state index is 13.8. The van der Waals surface area contributed by atoms with Crippen molar-refractivity contribution in [3.8, 4) is 0 Å². The van der Waals surface area contributed by atoms with Crippen LogP contribution in [0.25, 0.3) is 11.6 Å². The highest BCUT2D eigenvalue weighted by Crippen LogP contribution is 2.35. The largest absolute Gasteiger partial charge is 0.358 e. The van der Waals surface area contributed by atoms with Gasteiger partial charge in [0.25, 0.3) is 11.8 Å². The van der Waals surface area contributed by atoms with Crippen molar-refractivity contribution in [3.63, 3.8) is 0 Å². The van der Waals surface area contributed by atoms with E-state index in [9.17, 15) is 18.8 Å². The lowest BCUT2D eigenvalue weighted by atomic mass is 10.0. The quantitative estimate of drug-likeness (QED) is 0.601. The van der Waals surface area contributed by atoms with Crippen LogP contribution in [0.5, 0.6) is 0 Å². The third-order valence-corrected chi connectivity index (χ3v) is 7.29. The second-order valence-corrected chi connectivity index (χ2v) is 9.58. The van der Waals surface area contributed by atoms with Crippen LogP contribution in [0.4, 0.5) is 10.1 Å². The van der Waals surface area contributed by atoms with E-state index in [-0.39, 0.29) is 29.7 Å². The van der Waals surface area contributed by atoms with Gasteiger partial charge in [0.1, 0.15) is 5.82 Å². The van der Waals surface area contributed by atoms with Crippen LogP contribution in [0.1, 0.15) is 65.0 Å². The maximum atomic E-state index is 13.8. The number of hydrogen-bond donors (Lipinski definition) is 3. The fraction of sp³-hybridized carbons (Fsp3) is 0.423. The molecule has 7 nitrogen and oxygen atoms in total. The molecular weight excluding hydrogens is 435 g/mol. The Balaban J connectivity index is 1.31.